The lowest BCUT2D eigenvalue weighted by Crippen LogP contribution is -2.28. The number of anilines is 1. The molecule has 33 heavy (non-hydrogen) atoms. The summed E-state index contributed by atoms with van der Waals surface area (Å²) in [5, 5.41) is 0. The second-order valence-corrected chi connectivity index (χ2v) is 10.6. The van der Waals surface area contributed by atoms with Gasteiger partial charge in [-0.1, -0.05) is 6.07 Å². The Labute approximate surface area is 191 Å². The Bertz CT molecular complexity index is 1260. The van der Waals surface area contributed by atoms with Crippen molar-refractivity contribution >= 4 is 39.1 Å². The van der Waals surface area contributed by atoms with Crippen LogP contribution in [0, 0.1) is 13.8 Å². The van der Waals surface area contributed by atoms with Crippen LogP contribution in [0.4, 0.5) is 5.69 Å². The fourth-order valence-corrected chi connectivity index (χ4v) is 6.23. The maximum atomic E-state index is 12.8. The van der Waals surface area contributed by atoms with E-state index in [9.17, 15) is 27.6 Å². The monoisotopic (exact) mass is 472 g/mol. The smallest absolute Gasteiger partial charge is 0.338 e. The maximum Gasteiger partial charge on any atom is 0.338 e. The number of rotatable bonds is 6. The van der Waals surface area contributed by atoms with Crippen molar-refractivity contribution in [3.8, 4) is 0 Å². The summed E-state index contributed by atoms with van der Waals surface area (Å²) in [7, 11) is -3.08. The molecule has 2 fully saturated rings. The van der Waals surface area contributed by atoms with E-state index in [-0.39, 0.29) is 47.8 Å². The molecule has 2 aliphatic heterocycles. The Morgan fingerprint density at radius 3 is 2.42 bits per heavy atom. The number of carbonyl (C=O) groups is 4. The lowest BCUT2D eigenvalue weighted by Gasteiger charge is -2.16. The molecule has 0 saturated carbocycles. The summed E-state index contributed by atoms with van der Waals surface area (Å²) >= 11 is 0. The number of amides is 2. The Morgan fingerprint density at radius 2 is 1.79 bits per heavy atom. The zero-order valence-electron chi connectivity index (χ0n) is 18.4. The van der Waals surface area contributed by atoms with Crippen molar-refractivity contribution in [2.45, 2.75) is 39.2 Å². The van der Waals surface area contributed by atoms with Gasteiger partial charge in [0.15, 0.2) is 16.4 Å². The largest absolute Gasteiger partial charge is 0.454 e. The first-order valence-corrected chi connectivity index (χ1v) is 12.4. The molecule has 1 atom stereocenters. The molecule has 4 rings (SSSR count). The standard InChI is InChI=1S/C23H24N2O7S/c1-14-10-19(15(2)24(14)18-8-9-33(30,31)13-18)20(26)12-32-23(29)16-4-3-5-17(11-16)25-21(27)6-7-22(25)28/h3-5,10-11,18H,6-9,12-13H2,1-2H3. The third-order valence-electron chi connectivity index (χ3n) is 6.08. The van der Waals surface area contributed by atoms with Gasteiger partial charge in [-0.05, 0) is 44.5 Å². The predicted molar refractivity (Wildman–Crippen MR) is 119 cm³/mol. The van der Waals surface area contributed by atoms with E-state index in [2.05, 4.69) is 0 Å². The molecule has 2 saturated heterocycles. The number of aryl methyl sites for hydroxylation is 1. The van der Waals surface area contributed by atoms with Crippen LogP contribution in [0.3, 0.4) is 0 Å². The first kappa shape index (κ1) is 22.9. The second kappa shape index (κ2) is 8.58. The lowest BCUT2D eigenvalue weighted by molar-refractivity contribution is -0.121. The lowest BCUT2D eigenvalue weighted by atomic mass is 10.1. The number of benzene rings is 1. The van der Waals surface area contributed by atoms with Gasteiger partial charge in [0, 0.05) is 35.8 Å². The van der Waals surface area contributed by atoms with Crippen LogP contribution in [-0.2, 0) is 24.2 Å². The van der Waals surface area contributed by atoms with E-state index in [1.165, 1.54) is 18.2 Å². The van der Waals surface area contributed by atoms with Crippen LogP contribution in [0.25, 0.3) is 0 Å². The number of aromatic nitrogens is 1. The molecule has 0 radical (unpaired) electrons. The topological polar surface area (TPSA) is 120 Å². The molecule has 2 aliphatic rings. The first-order valence-electron chi connectivity index (χ1n) is 10.6. The quantitative estimate of drug-likeness (QED) is 0.359. The normalized spacial score (nSPS) is 19.8. The fourth-order valence-electron chi connectivity index (χ4n) is 4.53. The van der Waals surface area contributed by atoms with Crippen molar-refractivity contribution in [2.75, 3.05) is 23.0 Å². The molecular weight excluding hydrogens is 448 g/mol. The number of Topliss-reactive ketones (excluding diaryl/α,β-unsaturated/α-hetero) is 1. The van der Waals surface area contributed by atoms with E-state index < -0.39 is 28.2 Å². The van der Waals surface area contributed by atoms with Gasteiger partial charge in [-0.2, -0.15) is 0 Å². The Morgan fingerprint density at radius 1 is 1.09 bits per heavy atom. The fraction of sp³-hybridized carbons (Fsp3) is 0.391. The van der Waals surface area contributed by atoms with Crippen molar-refractivity contribution in [2.24, 2.45) is 0 Å². The highest BCUT2D eigenvalue weighted by Crippen LogP contribution is 2.29. The minimum atomic E-state index is -3.08. The highest BCUT2D eigenvalue weighted by atomic mass is 32.2. The van der Waals surface area contributed by atoms with E-state index in [1.807, 2.05) is 11.5 Å². The van der Waals surface area contributed by atoms with Crippen LogP contribution in [-0.4, -0.2) is 54.7 Å². The van der Waals surface area contributed by atoms with Crippen LogP contribution < -0.4 is 4.90 Å². The number of ether oxygens (including phenoxy) is 1. The third-order valence-corrected chi connectivity index (χ3v) is 7.83. The minimum absolute atomic E-state index is 0.0460. The van der Waals surface area contributed by atoms with E-state index in [0.29, 0.717) is 23.4 Å². The van der Waals surface area contributed by atoms with Crippen LogP contribution in [0.5, 0.6) is 0 Å². The number of esters is 1. The van der Waals surface area contributed by atoms with Crippen LogP contribution >= 0.6 is 0 Å². The maximum absolute atomic E-state index is 12.8. The molecule has 0 spiro atoms. The summed E-state index contributed by atoms with van der Waals surface area (Å²) in [4.78, 5) is 50.2. The molecule has 1 unspecified atom stereocenters. The number of nitrogens with zero attached hydrogens (tertiary/aromatic N) is 2. The average Bonchev–Trinajstić information content (AvgIpc) is 3.39. The molecule has 0 N–H and O–H groups in total. The second-order valence-electron chi connectivity index (χ2n) is 8.38. The minimum Gasteiger partial charge on any atom is -0.454 e. The summed E-state index contributed by atoms with van der Waals surface area (Å²) in [5.74, 6) is -1.63. The van der Waals surface area contributed by atoms with Crippen molar-refractivity contribution < 1.29 is 32.3 Å². The summed E-state index contributed by atoms with van der Waals surface area (Å²) < 4.78 is 30.8. The van der Waals surface area contributed by atoms with E-state index in [4.69, 9.17) is 4.74 Å². The molecule has 1 aromatic heterocycles. The molecule has 3 heterocycles. The molecule has 1 aromatic carbocycles. The molecule has 9 nitrogen and oxygen atoms in total. The van der Waals surface area contributed by atoms with Gasteiger partial charge < -0.3 is 9.30 Å². The van der Waals surface area contributed by atoms with Crippen LogP contribution in [0.2, 0.25) is 0 Å². The summed E-state index contributed by atoms with van der Waals surface area (Å²) in [5.41, 5.74) is 2.21. The van der Waals surface area contributed by atoms with Crippen molar-refractivity contribution in [3.63, 3.8) is 0 Å². The molecule has 174 valence electrons. The Hall–Kier alpha value is -3.27. The number of carbonyl (C=O) groups excluding carboxylic acids is 4. The number of hydrogen-bond donors (Lipinski definition) is 0. The Kier molecular flexibility index (Phi) is 5.96. The predicted octanol–water partition coefficient (Wildman–Crippen LogP) is 2.16. The molecule has 0 bridgehead atoms. The van der Waals surface area contributed by atoms with Crippen LogP contribution in [0.15, 0.2) is 30.3 Å². The van der Waals surface area contributed by atoms with Gasteiger partial charge in [0.25, 0.3) is 0 Å². The third kappa shape index (κ3) is 4.47. The molecule has 0 aliphatic carbocycles. The molecule has 2 aromatic rings. The zero-order valence-corrected chi connectivity index (χ0v) is 19.2. The van der Waals surface area contributed by atoms with Gasteiger partial charge in [-0.3, -0.25) is 19.3 Å². The van der Waals surface area contributed by atoms with Crippen LogP contribution in [0.1, 0.15) is 57.4 Å². The van der Waals surface area contributed by atoms with Crippen molar-refractivity contribution in [1.29, 1.82) is 0 Å². The van der Waals surface area contributed by atoms with Crippen molar-refractivity contribution in [3.05, 3.63) is 52.8 Å². The highest BCUT2D eigenvalue weighted by Gasteiger charge is 2.32. The van der Waals surface area contributed by atoms with Gasteiger partial charge >= 0.3 is 5.97 Å². The highest BCUT2D eigenvalue weighted by molar-refractivity contribution is 7.91. The number of sulfone groups is 1. The molecule has 2 amide bonds. The van der Waals surface area contributed by atoms with Gasteiger partial charge in [0.05, 0.1) is 22.8 Å². The summed E-state index contributed by atoms with van der Waals surface area (Å²) in [6.07, 6.45) is 0.764. The Balaban J connectivity index is 1.45. The van der Waals surface area contributed by atoms with E-state index in [0.717, 1.165) is 10.6 Å². The average molecular weight is 473 g/mol. The van der Waals surface area contributed by atoms with E-state index in [1.54, 1.807) is 19.1 Å². The molecular formula is C23H24N2O7S. The number of hydrogen-bond acceptors (Lipinski definition) is 7. The summed E-state index contributed by atoms with van der Waals surface area (Å²) in [6, 6.07) is 7.44. The number of imide groups is 1. The number of ketones is 1. The van der Waals surface area contributed by atoms with Gasteiger partial charge in [0.2, 0.25) is 17.6 Å². The van der Waals surface area contributed by atoms with Gasteiger partial charge in [-0.15, -0.1) is 0 Å². The molecule has 10 heteroatoms. The van der Waals surface area contributed by atoms with Gasteiger partial charge in [0.1, 0.15) is 0 Å². The first-order chi connectivity index (χ1) is 15.6. The van der Waals surface area contributed by atoms with E-state index >= 15 is 0 Å². The summed E-state index contributed by atoms with van der Waals surface area (Å²) in [6.45, 7) is 3.07. The zero-order chi connectivity index (χ0) is 23.9. The SMILES string of the molecule is Cc1cc(C(=O)COC(=O)c2cccc(N3C(=O)CCC3=O)c2)c(C)n1C1CCS(=O)(=O)C1. The van der Waals surface area contributed by atoms with Crippen molar-refractivity contribution in [1.82, 2.24) is 4.57 Å². The van der Waals surface area contributed by atoms with Gasteiger partial charge in [-0.25, -0.2) is 13.2 Å².